The lowest BCUT2D eigenvalue weighted by molar-refractivity contribution is -0.146. The van der Waals surface area contributed by atoms with Gasteiger partial charge in [0.25, 0.3) is 0 Å². The van der Waals surface area contributed by atoms with Crippen molar-refractivity contribution in [3.05, 3.63) is 149 Å². The molecule has 3 nitrogen and oxygen atoms in total. The third-order valence-corrected chi connectivity index (χ3v) is 8.59. The van der Waals surface area contributed by atoms with E-state index in [-0.39, 0.29) is 12.6 Å². The number of thioether (sulfide) groups is 1. The number of aromatic nitrogens is 1. The van der Waals surface area contributed by atoms with E-state index in [1.165, 1.54) is 32.9 Å². The number of para-hydroxylation sites is 1. The third kappa shape index (κ3) is 5.66. The quantitative estimate of drug-likeness (QED) is 0.132. The Morgan fingerprint density at radius 1 is 0.732 bits per heavy atom. The smallest absolute Gasteiger partial charge is 0.314 e. The molecule has 1 aromatic heterocycles. The van der Waals surface area contributed by atoms with Crippen LogP contribution < -0.4 is 0 Å². The van der Waals surface area contributed by atoms with Gasteiger partial charge in [0.05, 0.1) is 11.4 Å². The predicted octanol–water partition coefficient (Wildman–Crippen LogP) is 8.94. The van der Waals surface area contributed by atoms with E-state index in [2.05, 4.69) is 109 Å². The molecule has 0 N–H and O–H groups in total. The summed E-state index contributed by atoms with van der Waals surface area (Å²) in [6.07, 6.45) is 2.69. The van der Waals surface area contributed by atoms with Crippen LogP contribution in [0.4, 0.5) is 0 Å². The monoisotopic (exact) mass is 555 g/mol. The molecule has 6 rings (SSSR count). The molecule has 0 fully saturated rings. The van der Waals surface area contributed by atoms with Crippen LogP contribution in [0.3, 0.4) is 0 Å². The van der Waals surface area contributed by atoms with E-state index in [1.807, 2.05) is 30.3 Å². The topological polar surface area (TPSA) is 31.2 Å². The number of hydrogen-bond donors (Lipinski definition) is 0. The summed E-state index contributed by atoms with van der Waals surface area (Å²) >= 11 is 1.71. The molecule has 1 heterocycles. The predicted molar refractivity (Wildman–Crippen MR) is 171 cm³/mol. The van der Waals surface area contributed by atoms with Crippen molar-refractivity contribution >= 4 is 39.5 Å². The molecule has 204 valence electrons. The minimum Gasteiger partial charge on any atom is -0.460 e. The first-order chi connectivity index (χ1) is 20.1. The highest BCUT2D eigenvalue weighted by molar-refractivity contribution is 7.98. The van der Waals surface area contributed by atoms with Gasteiger partial charge >= 0.3 is 5.97 Å². The number of hydrogen-bond acceptors (Lipinski definition) is 3. The molecular formula is C37H33NO2S. The fraction of sp³-hybridized carbons (Fsp3) is 0.162. The van der Waals surface area contributed by atoms with Gasteiger partial charge in [-0.1, -0.05) is 121 Å². The molecule has 4 heteroatoms. The van der Waals surface area contributed by atoms with Gasteiger partial charge in [-0.3, -0.25) is 4.79 Å². The van der Waals surface area contributed by atoms with E-state index in [0.29, 0.717) is 6.42 Å². The van der Waals surface area contributed by atoms with Crippen molar-refractivity contribution in [1.29, 1.82) is 0 Å². The number of nitrogens with zero attached hydrogens (tertiary/aromatic N) is 1. The summed E-state index contributed by atoms with van der Waals surface area (Å²) in [5.41, 5.74) is 7.93. The summed E-state index contributed by atoms with van der Waals surface area (Å²) in [6, 6.07) is 41.9. The van der Waals surface area contributed by atoms with Gasteiger partial charge in [0, 0.05) is 27.7 Å². The molecule has 0 spiro atoms. The van der Waals surface area contributed by atoms with E-state index >= 15 is 0 Å². The molecule has 41 heavy (non-hydrogen) atoms. The van der Waals surface area contributed by atoms with Gasteiger partial charge in [0.1, 0.15) is 6.61 Å². The molecule has 0 saturated carbocycles. The highest BCUT2D eigenvalue weighted by atomic mass is 32.2. The molecular weight excluding hydrogens is 522 g/mol. The van der Waals surface area contributed by atoms with E-state index in [4.69, 9.17) is 4.74 Å². The zero-order valence-corrected chi connectivity index (χ0v) is 24.2. The molecule has 5 aromatic carbocycles. The summed E-state index contributed by atoms with van der Waals surface area (Å²) in [5, 5.41) is 2.43. The molecule has 0 radical (unpaired) electrons. The van der Waals surface area contributed by atoms with Crippen LogP contribution in [-0.4, -0.2) is 16.8 Å². The molecule has 0 aliphatic carbocycles. The Balaban J connectivity index is 1.48. The molecule has 1 atom stereocenters. The fourth-order valence-electron chi connectivity index (χ4n) is 5.66. The number of esters is 1. The summed E-state index contributed by atoms with van der Waals surface area (Å²) in [5.74, 6) is -0.633. The highest BCUT2D eigenvalue weighted by Gasteiger charge is 2.28. The Labute approximate surface area is 245 Å². The minimum absolute atomic E-state index is 0.199. The first-order valence-corrected chi connectivity index (χ1v) is 15.2. The van der Waals surface area contributed by atoms with Crippen LogP contribution in [-0.2, 0) is 29.1 Å². The number of carbonyl (C=O) groups excluding carboxylic acids is 1. The number of rotatable bonds is 9. The highest BCUT2D eigenvalue weighted by Crippen LogP contribution is 2.41. The number of ether oxygens (including phenoxy) is 1. The minimum atomic E-state index is -0.434. The summed E-state index contributed by atoms with van der Waals surface area (Å²) in [6.45, 7) is 3.10. The van der Waals surface area contributed by atoms with Crippen LogP contribution in [0.1, 0.15) is 33.7 Å². The lowest BCUT2D eigenvalue weighted by Gasteiger charge is -2.21. The molecule has 0 bridgehead atoms. The van der Waals surface area contributed by atoms with Crippen molar-refractivity contribution in [1.82, 2.24) is 4.57 Å². The molecule has 0 amide bonds. The van der Waals surface area contributed by atoms with Gasteiger partial charge in [0.15, 0.2) is 0 Å². The van der Waals surface area contributed by atoms with E-state index in [9.17, 15) is 4.79 Å². The lowest BCUT2D eigenvalue weighted by atomic mass is 9.90. The Morgan fingerprint density at radius 3 is 2.10 bits per heavy atom. The maximum atomic E-state index is 13.9. The first-order valence-electron chi connectivity index (χ1n) is 14.0. The van der Waals surface area contributed by atoms with Gasteiger partial charge in [-0.25, -0.2) is 0 Å². The maximum Gasteiger partial charge on any atom is 0.314 e. The first kappa shape index (κ1) is 26.9. The van der Waals surface area contributed by atoms with Gasteiger partial charge in [-0.05, 0) is 47.9 Å². The standard InChI is InChI=1S/C37H33NO2S/c1-26-17-19-27(20-18-26)23-33(37(39)40-25-29-13-7-4-8-14-29)32-22-21-31-30-15-9-10-16-34(30)38(35(31)36(32)41-2)24-28-11-5-3-6-12-28/h3-22,33H,23-25H2,1-2H3. The van der Waals surface area contributed by atoms with E-state index < -0.39 is 5.92 Å². The molecule has 1 unspecified atom stereocenters. The lowest BCUT2D eigenvalue weighted by Crippen LogP contribution is -2.19. The summed E-state index contributed by atoms with van der Waals surface area (Å²) in [4.78, 5) is 15.0. The van der Waals surface area contributed by atoms with Crippen LogP contribution in [0, 0.1) is 6.92 Å². The zero-order valence-electron chi connectivity index (χ0n) is 23.4. The van der Waals surface area contributed by atoms with Crippen molar-refractivity contribution < 1.29 is 9.53 Å². The number of carbonyl (C=O) groups is 1. The summed E-state index contributed by atoms with van der Waals surface area (Å²) < 4.78 is 8.39. The Kier molecular flexibility index (Phi) is 7.93. The fourth-order valence-corrected chi connectivity index (χ4v) is 6.52. The van der Waals surface area contributed by atoms with E-state index in [1.54, 1.807) is 11.8 Å². The second kappa shape index (κ2) is 12.1. The SMILES string of the molecule is CSc1c(C(Cc2ccc(C)cc2)C(=O)OCc2ccccc2)ccc2c3ccccc3n(Cc3ccccc3)c12. The largest absolute Gasteiger partial charge is 0.460 e. The van der Waals surface area contributed by atoms with Gasteiger partial charge in [0.2, 0.25) is 0 Å². The number of fused-ring (bicyclic) bond motifs is 3. The normalized spacial score (nSPS) is 12.0. The Morgan fingerprint density at radius 2 is 1.39 bits per heavy atom. The molecule has 0 aliphatic heterocycles. The van der Waals surface area contributed by atoms with Crippen molar-refractivity contribution in [2.24, 2.45) is 0 Å². The third-order valence-electron chi connectivity index (χ3n) is 7.75. The van der Waals surface area contributed by atoms with Gasteiger partial charge in [-0.2, -0.15) is 0 Å². The van der Waals surface area contributed by atoms with Crippen molar-refractivity contribution in [3.8, 4) is 0 Å². The molecule has 0 saturated heterocycles. The van der Waals surface area contributed by atoms with Gasteiger partial charge in [-0.15, -0.1) is 11.8 Å². The second-order valence-corrected chi connectivity index (χ2v) is 11.3. The van der Waals surface area contributed by atoms with E-state index in [0.717, 1.165) is 28.1 Å². The van der Waals surface area contributed by atoms with Crippen molar-refractivity contribution in [2.45, 2.75) is 37.3 Å². The van der Waals surface area contributed by atoms with Crippen LogP contribution in [0.5, 0.6) is 0 Å². The summed E-state index contributed by atoms with van der Waals surface area (Å²) in [7, 11) is 0. The number of aryl methyl sites for hydroxylation is 1. The second-order valence-electron chi connectivity index (χ2n) is 10.5. The molecule has 0 aliphatic rings. The van der Waals surface area contributed by atoms with Gasteiger partial charge < -0.3 is 9.30 Å². The van der Waals surface area contributed by atoms with Crippen LogP contribution in [0.2, 0.25) is 0 Å². The number of benzene rings is 5. The van der Waals surface area contributed by atoms with Crippen LogP contribution in [0.15, 0.2) is 126 Å². The maximum absolute atomic E-state index is 13.9. The van der Waals surface area contributed by atoms with Crippen LogP contribution >= 0.6 is 11.8 Å². The zero-order chi connectivity index (χ0) is 28.2. The van der Waals surface area contributed by atoms with Crippen molar-refractivity contribution in [2.75, 3.05) is 6.26 Å². The van der Waals surface area contributed by atoms with Crippen molar-refractivity contribution in [3.63, 3.8) is 0 Å². The Bertz CT molecular complexity index is 1790. The Hall–Kier alpha value is -4.28. The van der Waals surface area contributed by atoms with Crippen LogP contribution in [0.25, 0.3) is 21.8 Å². The molecule has 6 aromatic rings. The average molecular weight is 556 g/mol. The average Bonchev–Trinajstić information content (AvgIpc) is 3.33.